The minimum absolute atomic E-state index is 0. The monoisotopic (exact) mass is 742 g/mol. The Hall–Kier alpha value is -3.86. The van der Waals surface area contributed by atoms with E-state index in [1.54, 1.807) is 0 Å². The first kappa shape index (κ1) is 29.2. The van der Waals surface area contributed by atoms with E-state index in [-0.39, 0.29) is 30.9 Å². The van der Waals surface area contributed by atoms with Crippen molar-refractivity contribution >= 4 is 33.5 Å². The molecule has 8 rings (SSSR count). The van der Waals surface area contributed by atoms with E-state index in [0.717, 1.165) is 52.1 Å². The molecule has 6 heteroatoms. The molecule has 0 fully saturated rings. The van der Waals surface area contributed by atoms with Gasteiger partial charge in [0.2, 0.25) is 5.78 Å². The van der Waals surface area contributed by atoms with Gasteiger partial charge in [-0.25, -0.2) is 4.98 Å². The largest absolute Gasteiger partial charge is 0.304 e. The molecule has 0 N–H and O–H groups in total. The summed E-state index contributed by atoms with van der Waals surface area (Å²) in [5.74, 6) is 0.936. The summed E-state index contributed by atoms with van der Waals surface area (Å²) >= 11 is 0. The van der Waals surface area contributed by atoms with Crippen LogP contribution in [0.3, 0.4) is 0 Å². The van der Waals surface area contributed by atoms with E-state index in [1.807, 2.05) is 43.5 Å². The van der Waals surface area contributed by atoms with Crippen LogP contribution in [0.2, 0.25) is 0 Å². The van der Waals surface area contributed by atoms with Crippen molar-refractivity contribution in [1.29, 1.82) is 0 Å². The number of hydrogen-bond donors (Lipinski definition) is 0. The van der Waals surface area contributed by atoms with Gasteiger partial charge < -0.3 is 4.98 Å². The summed E-state index contributed by atoms with van der Waals surface area (Å²) in [5.41, 5.74) is 12.4. The van der Waals surface area contributed by atoms with Crippen molar-refractivity contribution in [2.24, 2.45) is 0 Å². The summed E-state index contributed by atoms with van der Waals surface area (Å²) in [5, 5.41) is 0. The normalized spacial score (nSPS) is 15.2. The zero-order chi connectivity index (χ0) is 29.2. The summed E-state index contributed by atoms with van der Waals surface area (Å²) in [6.45, 7) is 13.5. The van der Waals surface area contributed by atoms with E-state index in [4.69, 9.17) is 9.97 Å². The Bertz CT molecular complexity index is 2050. The van der Waals surface area contributed by atoms with Crippen molar-refractivity contribution < 1.29 is 20.1 Å². The van der Waals surface area contributed by atoms with Gasteiger partial charge in [0.15, 0.2) is 0 Å². The van der Waals surface area contributed by atoms with Crippen LogP contribution in [-0.4, -0.2) is 23.8 Å². The number of benzene rings is 3. The maximum Gasteiger partial charge on any atom is 0.219 e. The fourth-order valence-electron chi connectivity index (χ4n) is 6.34. The van der Waals surface area contributed by atoms with Crippen molar-refractivity contribution in [2.75, 3.05) is 0 Å². The van der Waals surface area contributed by atoms with Crippen LogP contribution in [0.5, 0.6) is 0 Å². The van der Waals surface area contributed by atoms with Crippen molar-refractivity contribution in [3.05, 3.63) is 114 Å². The molecular formula is C37H35IrN5-2. The number of pyridine rings is 1. The van der Waals surface area contributed by atoms with Gasteiger partial charge in [0.25, 0.3) is 0 Å². The second-order valence-electron chi connectivity index (χ2n) is 12.9. The van der Waals surface area contributed by atoms with Gasteiger partial charge >= 0.3 is 0 Å². The quantitative estimate of drug-likeness (QED) is 0.159. The Kier molecular flexibility index (Phi) is 7.27. The minimum Gasteiger partial charge on any atom is -0.304 e. The number of aryl methyl sites for hydroxylation is 2. The van der Waals surface area contributed by atoms with Gasteiger partial charge in [-0.05, 0) is 59.6 Å². The van der Waals surface area contributed by atoms with Crippen LogP contribution in [0.25, 0.3) is 44.7 Å². The summed E-state index contributed by atoms with van der Waals surface area (Å²) < 4.78 is 4.61. The number of nitrogens with zero attached hydrogens (tertiary/aromatic N) is 5. The van der Waals surface area contributed by atoms with Crippen LogP contribution >= 0.6 is 0 Å². The number of para-hydroxylation sites is 3. The van der Waals surface area contributed by atoms with Crippen LogP contribution in [0, 0.1) is 26.0 Å². The molecule has 0 saturated carbocycles. The first-order chi connectivity index (χ1) is 20.1. The molecule has 219 valence electrons. The van der Waals surface area contributed by atoms with Crippen molar-refractivity contribution in [2.45, 2.75) is 65.2 Å². The molecule has 0 amide bonds. The van der Waals surface area contributed by atoms with Crippen LogP contribution < -0.4 is 0 Å². The molecule has 5 nitrogen and oxygen atoms in total. The molecule has 1 aliphatic rings. The first-order valence-electron chi connectivity index (χ1n) is 14.7. The minimum atomic E-state index is 0. The predicted molar refractivity (Wildman–Crippen MR) is 171 cm³/mol. The maximum absolute atomic E-state index is 5.09. The average Bonchev–Trinajstić information content (AvgIpc) is 3.55. The van der Waals surface area contributed by atoms with Crippen LogP contribution in [0.4, 0.5) is 0 Å². The van der Waals surface area contributed by atoms with E-state index >= 15 is 0 Å². The molecule has 4 aromatic heterocycles. The summed E-state index contributed by atoms with van der Waals surface area (Å²) in [4.78, 5) is 14.5. The molecule has 0 atom stereocenters. The first-order valence-corrected chi connectivity index (χ1v) is 14.7. The molecule has 43 heavy (non-hydrogen) atoms. The summed E-state index contributed by atoms with van der Waals surface area (Å²) in [7, 11) is 0. The van der Waals surface area contributed by atoms with Crippen LogP contribution in [0.1, 0.15) is 62.9 Å². The molecule has 0 unspecified atom stereocenters. The Labute approximate surface area is 266 Å². The Balaban J connectivity index is 0.000000186. The standard InChI is InChI=1S/C24H23N4.C13H12N.Ir/c1-23(2)13-14-24(3,4)20-19(23)21-25-15-9-5-8-12-18(15)28(21)22-26-16-10-6-7-11-17(16)27(20)22;1-10-3-6-12(7-4-10)13-8-5-11(2)9-14-13;/h5-11H,13-14H2,1-4H3;3-6,8-9H,1-2H3;/q2*-1;. The molecule has 4 heterocycles. The summed E-state index contributed by atoms with van der Waals surface area (Å²) in [6.07, 6.45) is 4.17. The second-order valence-corrected chi connectivity index (χ2v) is 12.9. The molecule has 7 aromatic rings. The van der Waals surface area contributed by atoms with Gasteiger partial charge in [-0.15, -0.1) is 41.5 Å². The molecule has 0 saturated heterocycles. The third-order valence-electron chi connectivity index (χ3n) is 8.75. The fraction of sp³-hybridized carbons (Fsp3) is 0.270. The molecule has 1 radical (unpaired) electrons. The van der Waals surface area contributed by atoms with Gasteiger partial charge in [0.1, 0.15) is 5.65 Å². The average molecular weight is 742 g/mol. The zero-order valence-electron chi connectivity index (χ0n) is 25.5. The van der Waals surface area contributed by atoms with Gasteiger partial charge in [-0.2, -0.15) is 18.2 Å². The predicted octanol–water partition coefficient (Wildman–Crippen LogP) is 8.60. The van der Waals surface area contributed by atoms with Gasteiger partial charge in [-0.3, -0.25) is 13.8 Å². The van der Waals surface area contributed by atoms with Gasteiger partial charge in [0.05, 0.1) is 11.0 Å². The van der Waals surface area contributed by atoms with E-state index in [9.17, 15) is 0 Å². The van der Waals surface area contributed by atoms with Crippen LogP contribution in [0.15, 0.2) is 79.0 Å². The fourth-order valence-corrected chi connectivity index (χ4v) is 6.34. The smallest absolute Gasteiger partial charge is 0.219 e. The Morgan fingerprint density at radius 1 is 0.744 bits per heavy atom. The zero-order valence-corrected chi connectivity index (χ0v) is 27.9. The second kappa shape index (κ2) is 10.7. The number of aromatic nitrogens is 5. The molecule has 0 bridgehead atoms. The van der Waals surface area contributed by atoms with Gasteiger partial charge in [-0.1, -0.05) is 58.9 Å². The molecular weight excluding hydrogens is 707 g/mol. The Morgan fingerprint density at radius 3 is 2.23 bits per heavy atom. The van der Waals surface area contributed by atoms with E-state index in [2.05, 4.69) is 103 Å². The number of fused-ring (bicyclic) bond motifs is 10. The van der Waals surface area contributed by atoms with Crippen molar-refractivity contribution in [1.82, 2.24) is 23.8 Å². The molecule has 3 aromatic carbocycles. The topological polar surface area (TPSA) is 47.5 Å². The Morgan fingerprint density at radius 2 is 1.49 bits per heavy atom. The van der Waals surface area contributed by atoms with Gasteiger partial charge in [0, 0.05) is 43.0 Å². The molecule has 0 aliphatic heterocycles. The van der Waals surface area contributed by atoms with E-state index < -0.39 is 0 Å². The summed E-state index contributed by atoms with van der Waals surface area (Å²) in [6, 6.07) is 31.3. The van der Waals surface area contributed by atoms with Crippen molar-refractivity contribution in [3.8, 4) is 11.3 Å². The molecule has 0 spiro atoms. The number of rotatable bonds is 1. The number of hydrogen-bond acceptors (Lipinski definition) is 3. The SMILES string of the molecule is CC1(C)CCC(C)(C)c2c1c1nc3ccc[c-]c3n1c1nc3ccccc3n21.Cc1c[c-]c(-c2ccc(C)cn2)cc1.[Ir]. The number of imidazole rings is 2. The van der Waals surface area contributed by atoms with E-state index in [1.165, 1.54) is 27.9 Å². The third-order valence-corrected chi connectivity index (χ3v) is 8.75. The van der Waals surface area contributed by atoms with Crippen LogP contribution in [-0.2, 0) is 30.9 Å². The molecule has 1 aliphatic carbocycles. The van der Waals surface area contributed by atoms with E-state index in [0.29, 0.717) is 0 Å². The third kappa shape index (κ3) is 4.87. The van der Waals surface area contributed by atoms with Crippen molar-refractivity contribution in [3.63, 3.8) is 0 Å². The maximum atomic E-state index is 5.09.